The standard InChI is InChI=1S/C14H15BrN2O3S/c1-9-7-10(15)3-5-13(9)17-21(18,19)14-6-4-11(20-2)8-12(14)16/h3-8,17H,16H2,1-2H3. The lowest BCUT2D eigenvalue weighted by Gasteiger charge is -2.13. The van der Waals surface area contributed by atoms with Gasteiger partial charge in [0.25, 0.3) is 10.0 Å². The first-order valence-electron chi connectivity index (χ1n) is 6.06. The number of nitrogens with two attached hydrogens (primary N) is 1. The Kier molecular flexibility index (Phi) is 4.43. The van der Waals surface area contributed by atoms with Gasteiger partial charge >= 0.3 is 0 Å². The molecule has 0 radical (unpaired) electrons. The quantitative estimate of drug-likeness (QED) is 0.809. The first-order chi connectivity index (χ1) is 9.83. The summed E-state index contributed by atoms with van der Waals surface area (Å²) in [7, 11) is -2.26. The number of ether oxygens (including phenoxy) is 1. The largest absolute Gasteiger partial charge is 0.497 e. The molecule has 0 amide bonds. The second-order valence-corrected chi connectivity index (χ2v) is 7.03. The number of sulfonamides is 1. The zero-order chi connectivity index (χ0) is 15.6. The van der Waals surface area contributed by atoms with Crippen LogP contribution in [-0.4, -0.2) is 15.5 Å². The fourth-order valence-electron chi connectivity index (χ4n) is 1.84. The van der Waals surface area contributed by atoms with Crippen molar-refractivity contribution in [1.29, 1.82) is 0 Å². The Morgan fingerprint density at radius 3 is 2.48 bits per heavy atom. The predicted molar refractivity (Wildman–Crippen MR) is 87.1 cm³/mol. The molecule has 5 nitrogen and oxygen atoms in total. The molecule has 2 rings (SSSR count). The molecule has 0 fully saturated rings. The number of halogens is 1. The monoisotopic (exact) mass is 370 g/mol. The average molecular weight is 371 g/mol. The minimum absolute atomic E-state index is 0.0191. The zero-order valence-electron chi connectivity index (χ0n) is 11.6. The van der Waals surface area contributed by atoms with Crippen molar-refractivity contribution in [2.24, 2.45) is 0 Å². The summed E-state index contributed by atoms with van der Waals surface area (Å²) in [6.07, 6.45) is 0. The second-order valence-electron chi connectivity index (χ2n) is 4.47. The van der Waals surface area contributed by atoms with Gasteiger partial charge in [-0.3, -0.25) is 4.72 Å². The van der Waals surface area contributed by atoms with Gasteiger partial charge in [-0.1, -0.05) is 15.9 Å². The molecular weight excluding hydrogens is 356 g/mol. The van der Waals surface area contributed by atoms with Gasteiger partial charge in [0.1, 0.15) is 10.6 Å². The van der Waals surface area contributed by atoms with Crippen LogP contribution in [0.1, 0.15) is 5.56 Å². The van der Waals surface area contributed by atoms with Crippen LogP contribution in [0.2, 0.25) is 0 Å². The molecule has 0 spiro atoms. The van der Waals surface area contributed by atoms with Gasteiger partial charge in [0.15, 0.2) is 0 Å². The number of aryl methyl sites for hydroxylation is 1. The number of methoxy groups -OCH3 is 1. The summed E-state index contributed by atoms with van der Waals surface area (Å²) in [6, 6.07) is 9.74. The summed E-state index contributed by atoms with van der Waals surface area (Å²) in [5.74, 6) is 0.506. The molecule has 0 atom stereocenters. The van der Waals surface area contributed by atoms with E-state index in [4.69, 9.17) is 10.5 Å². The predicted octanol–water partition coefficient (Wildman–Crippen LogP) is 3.15. The third-order valence-electron chi connectivity index (χ3n) is 2.94. The Balaban J connectivity index is 2.38. The molecule has 0 aromatic heterocycles. The summed E-state index contributed by atoms with van der Waals surface area (Å²) in [6.45, 7) is 1.82. The molecule has 0 aliphatic rings. The highest BCUT2D eigenvalue weighted by Gasteiger charge is 2.19. The van der Waals surface area contributed by atoms with Crippen LogP contribution in [0.4, 0.5) is 11.4 Å². The van der Waals surface area contributed by atoms with Gasteiger partial charge in [0, 0.05) is 10.5 Å². The minimum Gasteiger partial charge on any atom is -0.497 e. The van der Waals surface area contributed by atoms with E-state index < -0.39 is 10.0 Å². The van der Waals surface area contributed by atoms with Crippen LogP contribution in [-0.2, 0) is 10.0 Å². The highest BCUT2D eigenvalue weighted by molar-refractivity contribution is 9.10. The van der Waals surface area contributed by atoms with Crippen LogP contribution in [0.5, 0.6) is 5.75 Å². The van der Waals surface area contributed by atoms with Gasteiger partial charge in [-0.15, -0.1) is 0 Å². The molecule has 0 aliphatic heterocycles. The highest BCUT2D eigenvalue weighted by atomic mass is 79.9. The molecule has 7 heteroatoms. The molecule has 21 heavy (non-hydrogen) atoms. The van der Waals surface area contributed by atoms with E-state index in [1.54, 1.807) is 18.2 Å². The van der Waals surface area contributed by atoms with Crippen molar-refractivity contribution < 1.29 is 13.2 Å². The number of rotatable bonds is 4. The van der Waals surface area contributed by atoms with Gasteiger partial charge in [-0.2, -0.15) is 0 Å². The lowest BCUT2D eigenvalue weighted by atomic mass is 10.2. The molecule has 0 bridgehead atoms. The van der Waals surface area contributed by atoms with Gasteiger partial charge < -0.3 is 10.5 Å². The summed E-state index contributed by atoms with van der Waals surface area (Å²) in [5.41, 5.74) is 7.24. The fourth-order valence-corrected chi connectivity index (χ4v) is 3.56. The first kappa shape index (κ1) is 15.7. The van der Waals surface area contributed by atoms with Crippen LogP contribution in [0.25, 0.3) is 0 Å². The lowest BCUT2D eigenvalue weighted by Crippen LogP contribution is -2.15. The van der Waals surface area contributed by atoms with E-state index >= 15 is 0 Å². The molecule has 3 N–H and O–H groups in total. The van der Waals surface area contributed by atoms with E-state index in [0.717, 1.165) is 10.0 Å². The summed E-state index contributed by atoms with van der Waals surface area (Å²) >= 11 is 3.34. The maximum Gasteiger partial charge on any atom is 0.263 e. The third-order valence-corrected chi connectivity index (χ3v) is 4.87. The van der Waals surface area contributed by atoms with Crippen molar-refractivity contribution in [3.05, 3.63) is 46.4 Å². The number of anilines is 2. The van der Waals surface area contributed by atoms with Crippen molar-refractivity contribution in [3.63, 3.8) is 0 Å². The Morgan fingerprint density at radius 2 is 1.90 bits per heavy atom. The first-order valence-corrected chi connectivity index (χ1v) is 8.33. The Morgan fingerprint density at radius 1 is 1.19 bits per heavy atom. The summed E-state index contributed by atoms with van der Waals surface area (Å²) < 4.78 is 33.3. The van der Waals surface area contributed by atoms with Crippen molar-refractivity contribution in [2.45, 2.75) is 11.8 Å². The molecule has 112 valence electrons. The van der Waals surface area contributed by atoms with Crippen LogP contribution in [0.15, 0.2) is 45.8 Å². The minimum atomic E-state index is -3.75. The smallest absolute Gasteiger partial charge is 0.263 e. The molecule has 2 aromatic rings. The van der Waals surface area contributed by atoms with Crippen LogP contribution < -0.4 is 15.2 Å². The summed E-state index contributed by atoms with van der Waals surface area (Å²) in [4.78, 5) is 0.0191. The maximum atomic E-state index is 12.4. The number of hydrogen-bond acceptors (Lipinski definition) is 4. The van der Waals surface area contributed by atoms with E-state index in [0.29, 0.717) is 11.4 Å². The average Bonchev–Trinajstić information content (AvgIpc) is 2.41. The van der Waals surface area contributed by atoms with E-state index in [9.17, 15) is 8.42 Å². The topological polar surface area (TPSA) is 81.4 Å². The van der Waals surface area contributed by atoms with Crippen molar-refractivity contribution in [3.8, 4) is 5.75 Å². The van der Waals surface area contributed by atoms with E-state index in [-0.39, 0.29) is 10.6 Å². The number of hydrogen-bond donors (Lipinski definition) is 2. The molecule has 0 saturated carbocycles. The normalized spacial score (nSPS) is 11.2. The van der Waals surface area contributed by atoms with E-state index in [2.05, 4.69) is 20.7 Å². The molecule has 0 unspecified atom stereocenters. The van der Waals surface area contributed by atoms with Gasteiger partial charge in [-0.05, 0) is 42.8 Å². The van der Waals surface area contributed by atoms with E-state index in [1.807, 2.05) is 13.0 Å². The SMILES string of the molecule is COc1ccc(S(=O)(=O)Nc2ccc(Br)cc2C)c(N)c1. The Bertz CT molecular complexity index is 776. The molecule has 0 aliphatic carbocycles. The molecule has 0 saturated heterocycles. The summed E-state index contributed by atoms with van der Waals surface area (Å²) in [5, 5.41) is 0. The molecule has 2 aromatic carbocycles. The zero-order valence-corrected chi connectivity index (χ0v) is 14.0. The molecule has 0 heterocycles. The van der Waals surface area contributed by atoms with Gasteiger partial charge in [0.2, 0.25) is 0 Å². The van der Waals surface area contributed by atoms with Crippen molar-refractivity contribution in [1.82, 2.24) is 0 Å². The maximum absolute atomic E-state index is 12.4. The number of nitrogen functional groups attached to an aromatic ring is 1. The number of nitrogens with one attached hydrogen (secondary N) is 1. The van der Waals surface area contributed by atoms with Crippen LogP contribution in [0, 0.1) is 6.92 Å². The lowest BCUT2D eigenvalue weighted by molar-refractivity contribution is 0.414. The Labute approximate surface area is 132 Å². The van der Waals surface area contributed by atoms with Gasteiger partial charge in [0.05, 0.1) is 18.5 Å². The van der Waals surface area contributed by atoms with Gasteiger partial charge in [-0.25, -0.2) is 8.42 Å². The highest BCUT2D eigenvalue weighted by Crippen LogP contribution is 2.27. The van der Waals surface area contributed by atoms with Crippen LogP contribution >= 0.6 is 15.9 Å². The second kappa shape index (κ2) is 5.95. The molecular formula is C14H15BrN2O3S. The third kappa shape index (κ3) is 3.48. The van der Waals surface area contributed by atoms with Crippen molar-refractivity contribution in [2.75, 3.05) is 17.6 Å². The van der Waals surface area contributed by atoms with Crippen LogP contribution in [0.3, 0.4) is 0 Å². The van der Waals surface area contributed by atoms with E-state index in [1.165, 1.54) is 19.2 Å². The van der Waals surface area contributed by atoms with Crippen molar-refractivity contribution >= 4 is 37.3 Å². The number of benzene rings is 2. The Hall–Kier alpha value is -1.73. The fraction of sp³-hybridized carbons (Fsp3) is 0.143.